The summed E-state index contributed by atoms with van der Waals surface area (Å²) in [6, 6.07) is 10.7. The molecule has 1 amide bonds. The second-order valence-electron chi connectivity index (χ2n) is 5.88. The van der Waals surface area contributed by atoms with E-state index in [9.17, 15) is 13.2 Å². The van der Waals surface area contributed by atoms with E-state index in [-0.39, 0.29) is 17.3 Å². The molecule has 8 heteroatoms. The fourth-order valence-electron chi connectivity index (χ4n) is 2.67. The molecule has 0 saturated heterocycles. The molecule has 27 heavy (non-hydrogen) atoms. The number of amides is 1. The standard InChI is InChI=1S/C19H26N4O3S/c1-4-15-9-7-8-10-17(15)22-19(24)14-21-18-12-11-16(13-20-18)27(25,26)23(5-2)6-3/h7-13H,4-6,14H2,1-3H3,(H,20,21)(H,22,24). The summed E-state index contributed by atoms with van der Waals surface area (Å²) >= 11 is 0. The van der Waals surface area contributed by atoms with E-state index in [1.807, 2.05) is 31.2 Å². The van der Waals surface area contributed by atoms with Crippen LogP contribution in [0.15, 0.2) is 47.5 Å². The van der Waals surface area contributed by atoms with E-state index in [0.29, 0.717) is 18.9 Å². The van der Waals surface area contributed by atoms with Gasteiger partial charge in [-0.3, -0.25) is 4.79 Å². The maximum Gasteiger partial charge on any atom is 0.244 e. The Morgan fingerprint density at radius 3 is 2.37 bits per heavy atom. The second-order valence-corrected chi connectivity index (χ2v) is 7.82. The quantitative estimate of drug-likeness (QED) is 0.687. The van der Waals surface area contributed by atoms with Crippen molar-refractivity contribution in [3.05, 3.63) is 48.2 Å². The molecule has 2 aromatic rings. The fraction of sp³-hybridized carbons (Fsp3) is 0.368. The van der Waals surface area contributed by atoms with Gasteiger partial charge in [0.15, 0.2) is 0 Å². The van der Waals surface area contributed by atoms with Crippen LogP contribution in [-0.2, 0) is 21.2 Å². The number of aromatic nitrogens is 1. The molecule has 0 saturated carbocycles. The Kier molecular flexibility index (Phi) is 7.32. The Morgan fingerprint density at radius 1 is 1.07 bits per heavy atom. The predicted octanol–water partition coefficient (Wildman–Crippen LogP) is 2.73. The summed E-state index contributed by atoms with van der Waals surface area (Å²) < 4.78 is 26.2. The van der Waals surface area contributed by atoms with Crippen LogP contribution in [0.2, 0.25) is 0 Å². The summed E-state index contributed by atoms with van der Waals surface area (Å²) in [5.41, 5.74) is 1.86. The van der Waals surface area contributed by atoms with Crippen LogP contribution in [0.1, 0.15) is 26.3 Å². The molecule has 1 aromatic heterocycles. The normalized spacial score (nSPS) is 11.4. The minimum atomic E-state index is -3.53. The van der Waals surface area contributed by atoms with Crippen molar-refractivity contribution in [2.45, 2.75) is 32.1 Å². The summed E-state index contributed by atoms with van der Waals surface area (Å²) in [4.78, 5) is 16.4. The van der Waals surface area contributed by atoms with Crippen molar-refractivity contribution in [2.75, 3.05) is 30.3 Å². The molecule has 0 aliphatic rings. The highest BCUT2D eigenvalue weighted by atomic mass is 32.2. The second kappa shape index (κ2) is 9.48. The largest absolute Gasteiger partial charge is 0.361 e. The molecule has 0 unspecified atom stereocenters. The number of sulfonamides is 1. The van der Waals surface area contributed by atoms with E-state index in [2.05, 4.69) is 15.6 Å². The minimum absolute atomic E-state index is 0.0349. The number of hydrogen-bond donors (Lipinski definition) is 2. The molecule has 0 aliphatic heterocycles. The van der Waals surface area contributed by atoms with Gasteiger partial charge >= 0.3 is 0 Å². The third-order valence-electron chi connectivity index (χ3n) is 4.18. The van der Waals surface area contributed by atoms with Crippen LogP contribution in [-0.4, -0.2) is 43.2 Å². The van der Waals surface area contributed by atoms with Gasteiger partial charge in [-0.05, 0) is 30.2 Å². The van der Waals surface area contributed by atoms with Gasteiger partial charge in [-0.2, -0.15) is 4.31 Å². The highest BCUT2D eigenvalue weighted by Gasteiger charge is 2.21. The molecule has 0 bridgehead atoms. The Bertz CT molecular complexity index is 863. The van der Waals surface area contributed by atoms with Gasteiger partial charge in [0.25, 0.3) is 0 Å². The van der Waals surface area contributed by atoms with Gasteiger partial charge in [0.05, 0.1) is 6.54 Å². The Labute approximate surface area is 160 Å². The lowest BCUT2D eigenvalue weighted by Gasteiger charge is -2.18. The average Bonchev–Trinajstić information content (AvgIpc) is 2.68. The van der Waals surface area contributed by atoms with Gasteiger partial charge in [0, 0.05) is 25.0 Å². The van der Waals surface area contributed by atoms with E-state index in [1.54, 1.807) is 19.9 Å². The third kappa shape index (κ3) is 5.27. The molecule has 2 rings (SSSR count). The first-order valence-corrected chi connectivity index (χ1v) is 10.4. The lowest BCUT2D eigenvalue weighted by atomic mass is 10.1. The number of aryl methyl sites for hydroxylation is 1. The molecule has 146 valence electrons. The molecular weight excluding hydrogens is 364 g/mol. The minimum Gasteiger partial charge on any atom is -0.361 e. The van der Waals surface area contributed by atoms with Crippen LogP contribution in [0.4, 0.5) is 11.5 Å². The van der Waals surface area contributed by atoms with Gasteiger partial charge in [0.2, 0.25) is 15.9 Å². The Morgan fingerprint density at radius 2 is 1.78 bits per heavy atom. The van der Waals surface area contributed by atoms with E-state index in [4.69, 9.17) is 0 Å². The molecule has 0 aliphatic carbocycles. The summed E-state index contributed by atoms with van der Waals surface area (Å²) in [5, 5.41) is 5.77. The lowest BCUT2D eigenvalue weighted by molar-refractivity contribution is -0.114. The predicted molar refractivity (Wildman–Crippen MR) is 107 cm³/mol. The number of benzene rings is 1. The maximum atomic E-state index is 12.4. The van der Waals surface area contributed by atoms with Crippen molar-refractivity contribution in [3.63, 3.8) is 0 Å². The number of anilines is 2. The number of carbonyl (C=O) groups excluding carboxylic acids is 1. The number of nitrogens with one attached hydrogen (secondary N) is 2. The highest BCUT2D eigenvalue weighted by Crippen LogP contribution is 2.17. The van der Waals surface area contributed by atoms with Crippen LogP contribution in [0.3, 0.4) is 0 Å². The molecule has 7 nitrogen and oxygen atoms in total. The van der Waals surface area contributed by atoms with Crippen molar-refractivity contribution < 1.29 is 13.2 Å². The zero-order valence-electron chi connectivity index (χ0n) is 15.9. The molecule has 2 N–H and O–H groups in total. The zero-order valence-corrected chi connectivity index (χ0v) is 16.7. The van der Waals surface area contributed by atoms with Crippen LogP contribution in [0.5, 0.6) is 0 Å². The molecular formula is C19H26N4O3S. The molecule has 0 spiro atoms. The Balaban J connectivity index is 1.98. The van der Waals surface area contributed by atoms with Crippen LogP contribution < -0.4 is 10.6 Å². The number of para-hydroxylation sites is 1. The van der Waals surface area contributed by atoms with Crippen LogP contribution in [0, 0.1) is 0 Å². The number of pyridine rings is 1. The van der Waals surface area contributed by atoms with Crippen molar-refractivity contribution in [3.8, 4) is 0 Å². The topological polar surface area (TPSA) is 91.4 Å². The van der Waals surface area contributed by atoms with Crippen LogP contribution >= 0.6 is 0 Å². The van der Waals surface area contributed by atoms with E-state index >= 15 is 0 Å². The van der Waals surface area contributed by atoms with Crippen LogP contribution in [0.25, 0.3) is 0 Å². The van der Waals surface area contributed by atoms with Gasteiger partial charge in [0.1, 0.15) is 10.7 Å². The van der Waals surface area contributed by atoms with Crippen molar-refractivity contribution in [1.82, 2.24) is 9.29 Å². The van der Waals surface area contributed by atoms with E-state index in [1.165, 1.54) is 16.6 Å². The number of carbonyl (C=O) groups is 1. The number of rotatable bonds is 9. The van der Waals surface area contributed by atoms with Crippen molar-refractivity contribution in [1.29, 1.82) is 0 Å². The first-order chi connectivity index (χ1) is 12.9. The zero-order chi connectivity index (χ0) is 19.9. The molecule has 0 atom stereocenters. The number of nitrogens with zero attached hydrogens (tertiary/aromatic N) is 2. The smallest absolute Gasteiger partial charge is 0.244 e. The third-order valence-corrected chi connectivity index (χ3v) is 6.22. The van der Waals surface area contributed by atoms with Gasteiger partial charge in [-0.1, -0.05) is 39.0 Å². The average molecular weight is 391 g/mol. The highest BCUT2D eigenvalue weighted by molar-refractivity contribution is 7.89. The SMILES string of the molecule is CCc1ccccc1NC(=O)CNc1ccc(S(=O)(=O)N(CC)CC)cn1. The van der Waals surface area contributed by atoms with E-state index in [0.717, 1.165) is 17.7 Å². The summed E-state index contributed by atoms with van der Waals surface area (Å²) in [7, 11) is -3.53. The molecule has 1 heterocycles. The first-order valence-electron chi connectivity index (χ1n) is 9.00. The Hall–Kier alpha value is -2.45. The van der Waals surface area contributed by atoms with Crippen molar-refractivity contribution >= 4 is 27.4 Å². The van der Waals surface area contributed by atoms with Gasteiger partial charge < -0.3 is 10.6 Å². The maximum absolute atomic E-state index is 12.4. The summed E-state index contributed by atoms with van der Waals surface area (Å²) in [6.45, 7) is 6.45. The first kappa shape index (κ1) is 20.9. The molecule has 1 aromatic carbocycles. The lowest BCUT2D eigenvalue weighted by Crippen LogP contribution is -2.30. The van der Waals surface area contributed by atoms with E-state index < -0.39 is 10.0 Å². The molecule has 0 radical (unpaired) electrons. The fourth-order valence-corrected chi connectivity index (χ4v) is 4.07. The number of hydrogen-bond acceptors (Lipinski definition) is 5. The van der Waals surface area contributed by atoms with Crippen molar-refractivity contribution in [2.24, 2.45) is 0 Å². The monoisotopic (exact) mass is 390 g/mol. The summed E-state index contributed by atoms with van der Waals surface area (Å²) in [6.07, 6.45) is 2.13. The summed E-state index contributed by atoms with van der Waals surface area (Å²) in [5.74, 6) is 0.241. The van der Waals surface area contributed by atoms with Gasteiger partial charge in [-0.25, -0.2) is 13.4 Å². The van der Waals surface area contributed by atoms with Gasteiger partial charge in [-0.15, -0.1) is 0 Å². The molecule has 0 fully saturated rings.